The van der Waals surface area contributed by atoms with Crippen molar-refractivity contribution in [3.8, 4) is 11.5 Å². The number of urea groups is 1. The van der Waals surface area contributed by atoms with E-state index in [9.17, 15) is 22.8 Å². The van der Waals surface area contributed by atoms with Gasteiger partial charge in [0.25, 0.3) is 15.9 Å². The Morgan fingerprint density at radius 2 is 1.71 bits per heavy atom. The van der Waals surface area contributed by atoms with Crippen molar-refractivity contribution in [3.05, 3.63) is 42.5 Å². The molecule has 2 aromatic rings. The summed E-state index contributed by atoms with van der Waals surface area (Å²) < 4.78 is 38.8. The van der Waals surface area contributed by atoms with Crippen LogP contribution >= 0.6 is 0 Å². The zero-order valence-corrected chi connectivity index (χ0v) is 19.4. The summed E-state index contributed by atoms with van der Waals surface area (Å²) in [5.41, 5.74) is -0.369. The number of nitrogens with zero attached hydrogens (tertiary/aromatic N) is 1. The molecule has 0 aromatic heterocycles. The molecule has 1 saturated heterocycles. The van der Waals surface area contributed by atoms with Crippen LogP contribution in [0.1, 0.15) is 20.3 Å². The number of carbonyl (C=O) groups is 3. The third-order valence-electron chi connectivity index (χ3n) is 5.60. The number of amides is 4. The van der Waals surface area contributed by atoms with Crippen LogP contribution < -0.4 is 24.8 Å². The molecule has 0 bridgehead atoms. The third kappa shape index (κ3) is 4.62. The maximum Gasteiger partial charge on any atom is 0.325 e. The summed E-state index contributed by atoms with van der Waals surface area (Å²) in [6, 6.07) is 9.70. The van der Waals surface area contributed by atoms with E-state index in [4.69, 9.17) is 9.47 Å². The van der Waals surface area contributed by atoms with Gasteiger partial charge in [-0.3, -0.25) is 19.2 Å². The number of fused-ring (bicyclic) bond motifs is 1. The lowest BCUT2D eigenvalue weighted by Crippen LogP contribution is -2.44. The number of rotatable bonds is 7. The molecule has 0 unspecified atom stereocenters. The quantitative estimate of drug-likeness (QED) is 0.505. The number of sulfonamides is 1. The van der Waals surface area contributed by atoms with E-state index in [1.165, 1.54) is 42.5 Å². The minimum Gasteiger partial charge on any atom is -0.486 e. The number of nitrogens with one attached hydrogen (secondary N) is 3. The summed E-state index contributed by atoms with van der Waals surface area (Å²) in [7, 11) is -3.89. The maximum atomic E-state index is 12.7. The lowest BCUT2D eigenvalue weighted by atomic mass is 9.99. The van der Waals surface area contributed by atoms with Crippen LogP contribution in [0, 0.1) is 0 Å². The second-order valence-electron chi connectivity index (χ2n) is 8.04. The van der Waals surface area contributed by atoms with Crippen molar-refractivity contribution >= 4 is 39.2 Å². The van der Waals surface area contributed by atoms with Gasteiger partial charge < -0.3 is 20.1 Å². The molecule has 0 saturated carbocycles. The predicted molar refractivity (Wildman–Crippen MR) is 122 cm³/mol. The number of hydrogen-bond donors (Lipinski definition) is 3. The van der Waals surface area contributed by atoms with Crippen molar-refractivity contribution < 1.29 is 32.3 Å². The van der Waals surface area contributed by atoms with Crippen molar-refractivity contribution in [1.29, 1.82) is 0 Å². The molecule has 180 valence electrons. The fourth-order valence-corrected chi connectivity index (χ4v) is 4.57. The van der Waals surface area contributed by atoms with Gasteiger partial charge in [-0.05, 0) is 49.7 Å². The molecule has 2 aliphatic heterocycles. The zero-order valence-electron chi connectivity index (χ0n) is 18.6. The van der Waals surface area contributed by atoms with Gasteiger partial charge in [0.1, 0.15) is 25.3 Å². The lowest BCUT2D eigenvalue weighted by molar-refractivity contribution is -0.133. The highest BCUT2D eigenvalue weighted by Crippen LogP contribution is 2.32. The van der Waals surface area contributed by atoms with Crippen LogP contribution in [0.5, 0.6) is 11.5 Å². The van der Waals surface area contributed by atoms with Gasteiger partial charge in [-0.15, -0.1) is 0 Å². The van der Waals surface area contributed by atoms with Crippen molar-refractivity contribution in [2.75, 3.05) is 29.8 Å². The Balaban J connectivity index is 1.38. The Morgan fingerprint density at radius 1 is 1.06 bits per heavy atom. The van der Waals surface area contributed by atoms with E-state index < -0.39 is 40.0 Å². The molecule has 2 heterocycles. The molecular weight excluding hydrogens is 464 g/mol. The highest BCUT2D eigenvalue weighted by molar-refractivity contribution is 7.92. The number of hydrogen-bond acceptors (Lipinski definition) is 7. The molecule has 2 aromatic carbocycles. The normalized spacial score (nSPS) is 19.5. The van der Waals surface area contributed by atoms with Crippen LogP contribution in [0.4, 0.5) is 16.2 Å². The second-order valence-corrected chi connectivity index (χ2v) is 9.73. The van der Waals surface area contributed by atoms with Crippen molar-refractivity contribution in [2.45, 2.75) is 30.7 Å². The third-order valence-corrected chi connectivity index (χ3v) is 6.98. The SMILES string of the molecule is CC[C@]1(C)NC(=O)N(CC(=O)Nc2ccc(NS(=O)(=O)c3ccc4c(c3)OCCO4)cc2)C1=O. The first-order valence-corrected chi connectivity index (χ1v) is 12.1. The molecule has 1 fully saturated rings. The molecule has 4 rings (SSSR count). The molecule has 11 nitrogen and oxygen atoms in total. The van der Waals surface area contributed by atoms with E-state index in [-0.39, 0.29) is 10.6 Å². The first-order valence-electron chi connectivity index (χ1n) is 10.6. The Kier molecular flexibility index (Phi) is 6.09. The number of anilines is 2. The van der Waals surface area contributed by atoms with Gasteiger partial charge in [0.05, 0.1) is 4.90 Å². The molecule has 12 heteroatoms. The van der Waals surface area contributed by atoms with Crippen LogP contribution in [0.25, 0.3) is 0 Å². The van der Waals surface area contributed by atoms with Crippen molar-refractivity contribution in [1.82, 2.24) is 10.2 Å². The van der Waals surface area contributed by atoms with Gasteiger partial charge in [0, 0.05) is 17.4 Å². The molecule has 2 aliphatic rings. The molecule has 4 amide bonds. The Bertz CT molecular complexity index is 1250. The van der Waals surface area contributed by atoms with E-state index in [1.807, 2.05) is 0 Å². The Hall–Kier alpha value is -3.80. The highest BCUT2D eigenvalue weighted by Gasteiger charge is 2.46. The first-order chi connectivity index (χ1) is 16.1. The highest BCUT2D eigenvalue weighted by atomic mass is 32.2. The van der Waals surface area contributed by atoms with Gasteiger partial charge in [0.15, 0.2) is 11.5 Å². The Morgan fingerprint density at radius 3 is 2.35 bits per heavy atom. The topological polar surface area (TPSA) is 143 Å². The van der Waals surface area contributed by atoms with Crippen LogP contribution in [-0.2, 0) is 19.6 Å². The summed E-state index contributed by atoms with van der Waals surface area (Å²) in [6.45, 7) is 3.69. The summed E-state index contributed by atoms with van der Waals surface area (Å²) in [6.07, 6.45) is 0.402. The van der Waals surface area contributed by atoms with Crippen LogP contribution in [0.3, 0.4) is 0 Å². The number of imide groups is 1. The van der Waals surface area contributed by atoms with Gasteiger partial charge in [-0.1, -0.05) is 6.92 Å². The molecule has 0 aliphatic carbocycles. The van der Waals surface area contributed by atoms with Crippen LogP contribution in [-0.4, -0.2) is 56.5 Å². The zero-order chi connectivity index (χ0) is 24.5. The molecule has 0 radical (unpaired) electrons. The van der Waals surface area contributed by atoms with Crippen molar-refractivity contribution in [2.24, 2.45) is 0 Å². The van der Waals surface area contributed by atoms with E-state index >= 15 is 0 Å². The smallest absolute Gasteiger partial charge is 0.325 e. The Labute approximate surface area is 196 Å². The minimum atomic E-state index is -3.89. The van der Waals surface area contributed by atoms with E-state index in [0.717, 1.165) is 4.90 Å². The molecule has 0 spiro atoms. The van der Waals surface area contributed by atoms with Crippen LogP contribution in [0.15, 0.2) is 47.4 Å². The van der Waals surface area contributed by atoms with Gasteiger partial charge in [-0.2, -0.15) is 0 Å². The standard InChI is InChI=1S/C22H24N4O7S/c1-3-22(2)20(28)26(21(29)24-22)13-19(27)23-14-4-6-15(7-5-14)25-34(30,31)16-8-9-17-18(12-16)33-11-10-32-17/h4-9,12,25H,3,10-11,13H2,1-2H3,(H,23,27)(H,24,29)/t22-/m0/s1. The minimum absolute atomic E-state index is 0.0155. The average molecular weight is 489 g/mol. The fraction of sp³-hybridized carbons (Fsp3) is 0.318. The molecule has 1 atom stereocenters. The van der Waals surface area contributed by atoms with E-state index in [1.54, 1.807) is 13.8 Å². The summed E-state index contributed by atoms with van der Waals surface area (Å²) >= 11 is 0. The summed E-state index contributed by atoms with van der Waals surface area (Å²) in [5.74, 6) is -0.179. The molecule has 3 N–H and O–H groups in total. The summed E-state index contributed by atoms with van der Waals surface area (Å²) in [4.78, 5) is 37.7. The monoisotopic (exact) mass is 488 g/mol. The fourth-order valence-electron chi connectivity index (χ4n) is 3.50. The van der Waals surface area contributed by atoms with Gasteiger partial charge >= 0.3 is 6.03 Å². The largest absolute Gasteiger partial charge is 0.486 e. The van der Waals surface area contributed by atoms with Gasteiger partial charge in [0.2, 0.25) is 5.91 Å². The molecular formula is C22H24N4O7S. The maximum absolute atomic E-state index is 12.7. The van der Waals surface area contributed by atoms with E-state index in [2.05, 4.69) is 15.4 Å². The average Bonchev–Trinajstić information content (AvgIpc) is 3.03. The lowest BCUT2D eigenvalue weighted by Gasteiger charge is -2.19. The van der Waals surface area contributed by atoms with Crippen molar-refractivity contribution in [3.63, 3.8) is 0 Å². The number of ether oxygens (including phenoxy) is 2. The number of carbonyl (C=O) groups excluding carboxylic acids is 3. The predicted octanol–water partition coefficient (Wildman–Crippen LogP) is 1.92. The molecule has 34 heavy (non-hydrogen) atoms. The van der Waals surface area contributed by atoms with E-state index in [0.29, 0.717) is 36.8 Å². The van der Waals surface area contributed by atoms with Crippen LogP contribution in [0.2, 0.25) is 0 Å². The second kappa shape index (κ2) is 8.86. The summed E-state index contributed by atoms with van der Waals surface area (Å²) in [5, 5.41) is 5.18. The van der Waals surface area contributed by atoms with Gasteiger partial charge in [-0.25, -0.2) is 13.2 Å². The first kappa shape index (κ1) is 23.4. The number of benzene rings is 2.